The minimum Gasteiger partial charge on any atom is -0.497 e. The van der Waals surface area contributed by atoms with E-state index in [4.69, 9.17) is 21.1 Å². The van der Waals surface area contributed by atoms with Crippen LogP contribution in [0.2, 0.25) is 5.02 Å². The molecule has 1 amide bonds. The van der Waals surface area contributed by atoms with E-state index < -0.39 is 0 Å². The zero-order valence-electron chi connectivity index (χ0n) is 14.6. The van der Waals surface area contributed by atoms with Crippen molar-refractivity contribution in [2.45, 2.75) is 38.9 Å². The molecule has 2 aromatic rings. The number of amides is 1. The summed E-state index contributed by atoms with van der Waals surface area (Å²) in [4.78, 5) is 12.5. The smallest absolute Gasteiger partial charge is 0.272 e. The minimum atomic E-state index is -0.177. The zero-order valence-corrected chi connectivity index (χ0v) is 15.3. The molecule has 2 N–H and O–H groups in total. The number of rotatable bonds is 5. The molecule has 1 aromatic carbocycles. The van der Waals surface area contributed by atoms with Gasteiger partial charge in [-0.05, 0) is 38.0 Å². The van der Waals surface area contributed by atoms with Crippen LogP contribution >= 0.6 is 11.6 Å². The van der Waals surface area contributed by atoms with E-state index in [9.17, 15) is 4.79 Å². The molecular weight excluding hydrogens is 342 g/mol. The molecule has 25 heavy (non-hydrogen) atoms. The van der Waals surface area contributed by atoms with E-state index in [0.29, 0.717) is 35.9 Å². The molecule has 0 radical (unpaired) electrons. The first-order valence-electron chi connectivity index (χ1n) is 8.32. The summed E-state index contributed by atoms with van der Waals surface area (Å²) in [5.74, 6) is 0.537. The fraction of sp³-hybridized carbons (Fsp3) is 0.444. The third kappa shape index (κ3) is 3.80. The number of benzene rings is 1. The van der Waals surface area contributed by atoms with Gasteiger partial charge in [-0.1, -0.05) is 17.7 Å². The zero-order chi connectivity index (χ0) is 18.0. The van der Waals surface area contributed by atoms with Gasteiger partial charge in [0.2, 0.25) is 0 Å². The second-order valence-corrected chi connectivity index (χ2v) is 6.63. The van der Waals surface area contributed by atoms with E-state index in [0.717, 1.165) is 16.8 Å². The van der Waals surface area contributed by atoms with Gasteiger partial charge in [-0.2, -0.15) is 5.10 Å². The van der Waals surface area contributed by atoms with Gasteiger partial charge in [-0.25, -0.2) is 0 Å². The lowest BCUT2D eigenvalue weighted by Crippen LogP contribution is -2.29. The third-order valence-electron chi connectivity index (χ3n) is 4.39. The fourth-order valence-corrected chi connectivity index (χ4v) is 3.38. The molecule has 7 heteroatoms. The molecule has 134 valence electrons. The van der Waals surface area contributed by atoms with Gasteiger partial charge in [0.15, 0.2) is 5.69 Å². The highest BCUT2D eigenvalue weighted by molar-refractivity contribution is 6.31. The van der Waals surface area contributed by atoms with E-state index in [-0.39, 0.29) is 18.1 Å². The Morgan fingerprint density at radius 3 is 3.00 bits per heavy atom. The first-order chi connectivity index (χ1) is 12.0. The number of hydrogen-bond acceptors (Lipinski definition) is 4. The Kier molecular flexibility index (Phi) is 5.30. The quantitative estimate of drug-likeness (QED) is 0.856. The average molecular weight is 364 g/mol. The second kappa shape index (κ2) is 7.45. The summed E-state index contributed by atoms with van der Waals surface area (Å²) < 4.78 is 10.9. The van der Waals surface area contributed by atoms with E-state index in [1.165, 1.54) is 0 Å². The van der Waals surface area contributed by atoms with Crippen LogP contribution < -0.4 is 10.1 Å². The number of fused-ring (bicyclic) bond motifs is 1. The van der Waals surface area contributed by atoms with Gasteiger partial charge in [0.1, 0.15) is 5.75 Å². The largest absolute Gasteiger partial charge is 0.497 e. The average Bonchev–Trinajstić information content (AvgIpc) is 3.00. The number of aromatic nitrogens is 2. The SMILES string of the molecule is COc1ccc(CCNC(=O)c2n[nH]c3c2C[C@H](C)O[C@@H]3C)c(Cl)c1. The highest BCUT2D eigenvalue weighted by atomic mass is 35.5. The van der Waals surface area contributed by atoms with Crippen molar-refractivity contribution in [3.05, 3.63) is 45.7 Å². The van der Waals surface area contributed by atoms with Gasteiger partial charge in [-0.15, -0.1) is 0 Å². The summed E-state index contributed by atoms with van der Waals surface area (Å²) >= 11 is 6.23. The van der Waals surface area contributed by atoms with Gasteiger partial charge in [-0.3, -0.25) is 9.89 Å². The van der Waals surface area contributed by atoms with Crippen LogP contribution in [0, 0.1) is 0 Å². The number of methoxy groups -OCH3 is 1. The van der Waals surface area contributed by atoms with Crippen molar-refractivity contribution >= 4 is 17.5 Å². The Hall–Kier alpha value is -2.05. The molecule has 0 unspecified atom stereocenters. The van der Waals surface area contributed by atoms with Crippen molar-refractivity contribution in [2.75, 3.05) is 13.7 Å². The Morgan fingerprint density at radius 1 is 1.48 bits per heavy atom. The number of hydrogen-bond donors (Lipinski definition) is 2. The molecule has 0 saturated carbocycles. The number of ether oxygens (including phenoxy) is 2. The summed E-state index contributed by atoms with van der Waals surface area (Å²) in [6.07, 6.45) is 1.32. The van der Waals surface area contributed by atoms with Crippen LogP contribution in [-0.4, -0.2) is 35.9 Å². The Morgan fingerprint density at radius 2 is 2.28 bits per heavy atom. The van der Waals surface area contributed by atoms with Crippen LogP contribution in [0.4, 0.5) is 0 Å². The lowest BCUT2D eigenvalue weighted by atomic mass is 9.99. The van der Waals surface area contributed by atoms with Gasteiger partial charge in [0.25, 0.3) is 5.91 Å². The number of carbonyl (C=O) groups excluding carboxylic acids is 1. The summed E-state index contributed by atoms with van der Waals surface area (Å²) in [7, 11) is 1.60. The van der Waals surface area contributed by atoms with E-state index in [1.54, 1.807) is 13.2 Å². The lowest BCUT2D eigenvalue weighted by Gasteiger charge is -2.25. The highest BCUT2D eigenvalue weighted by Gasteiger charge is 2.29. The lowest BCUT2D eigenvalue weighted by molar-refractivity contribution is -0.00697. The van der Waals surface area contributed by atoms with E-state index >= 15 is 0 Å². The molecule has 0 aliphatic carbocycles. The Labute approximate surface area is 151 Å². The number of H-pyrrole nitrogens is 1. The first-order valence-corrected chi connectivity index (χ1v) is 8.70. The van der Waals surface area contributed by atoms with E-state index in [2.05, 4.69) is 15.5 Å². The van der Waals surface area contributed by atoms with Crippen molar-refractivity contribution in [3.8, 4) is 5.75 Å². The van der Waals surface area contributed by atoms with Gasteiger partial charge in [0.05, 0.1) is 25.0 Å². The number of halogens is 1. The molecule has 0 fully saturated rings. The predicted octanol–water partition coefficient (Wildman–Crippen LogP) is 3.07. The molecular formula is C18H22ClN3O3. The van der Waals surface area contributed by atoms with Crippen molar-refractivity contribution in [1.82, 2.24) is 15.5 Å². The van der Waals surface area contributed by atoms with Crippen LogP contribution in [0.5, 0.6) is 5.75 Å². The summed E-state index contributed by atoms with van der Waals surface area (Å²) in [6, 6.07) is 5.53. The molecule has 1 aliphatic rings. The highest BCUT2D eigenvalue weighted by Crippen LogP contribution is 2.30. The molecule has 1 aromatic heterocycles. The number of nitrogens with zero attached hydrogens (tertiary/aromatic N) is 1. The second-order valence-electron chi connectivity index (χ2n) is 6.22. The molecule has 2 heterocycles. The fourth-order valence-electron chi connectivity index (χ4n) is 3.11. The van der Waals surface area contributed by atoms with Gasteiger partial charge < -0.3 is 14.8 Å². The monoisotopic (exact) mass is 363 g/mol. The predicted molar refractivity (Wildman–Crippen MR) is 95.3 cm³/mol. The molecule has 2 atom stereocenters. The molecule has 1 aliphatic heterocycles. The Balaban J connectivity index is 1.62. The summed E-state index contributed by atoms with van der Waals surface area (Å²) in [6.45, 7) is 4.44. The molecule has 0 bridgehead atoms. The molecule has 0 spiro atoms. The summed E-state index contributed by atoms with van der Waals surface area (Å²) in [5.41, 5.74) is 3.26. The molecule has 3 rings (SSSR count). The Bertz CT molecular complexity index is 775. The normalized spacial score (nSPS) is 19.4. The van der Waals surface area contributed by atoms with Crippen LogP contribution in [0.3, 0.4) is 0 Å². The standard InChI is InChI=1S/C18H22ClN3O3/c1-10-8-14-16(11(2)25-10)21-22-17(14)18(23)20-7-6-12-4-5-13(24-3)9-15(12)19/h4-5,9-11H,6-8H2,1-3H3,(H,20,23)(H,21,22)/t10-,11+/m0/s1. The van der Waals surface area contributed by atoms with E-state index in [1.807, 2.05) is 26.0 Å². The van der Waals surface area contributed by atoms with Crippen LogP contribution in [0.15, 0.2) is 18.2 Å². The maximum Gasteiger partial charge on any atom is 0.272 e. The maximum absolute atomic E-state index is 12.5. The van der Waals surface area contributed by atoms with Gasteiger partial charge >= 0.3 is 0 Å². The van der Waals surface area contributed by atoms with Crippen molar-refractivity contribution in [2.24, 2.45) is 0 Å². The number of carbonyl (C=O) groups is 1. The number of aromatic amines is 1. The van der Waals surface area contributed by atoms with Crippen molar-refractivity contribution in [3.63, 3.8) is 0 Å². The minimum absolute atomic E-state index is 0.0738. The first kappa shape index (κ1) is 17.8. The van der Waals surface area contributed by atoms with Crippen LogP contribution in [0.25, 0.3) is 0 Å². The number of nitrogens with one attached hydrogen (secondary N) is 2. The maximum atomic E-state index is 12.5. The topological polar surface area (TPSA) is 76.2 Å². The van der Waals surface area contributed by atoms with Gasteiger partial charge in [0, 0.05) is 23.6 Å². The molecule has 0 saturated heterocycles. The van der Waals surface area contributed by atoms with Crippen molar-refractivity contribution < 1.29 is 14.3 Å². The van der Waals surface area contributed by atoms with Crippen LogP contribution in [0.1, 0.15) is 47.3 Å². The third-order valence-corrected chi connectivity index (χ3v) is 4.74. The van der Waals surface area contributed by atoms with Crippen molar-refractivity contribution in [1.29, 1.82) is 0 Å². The summed E-state index contributed by atoms with van der Waals surface area (Å²) in [5, 5.41) is 10.7. The van der Waals surface area contributed by atoms with Crippen LogP contribution in [-0.2, 0) is 17.6 Å². The molecule has 6 nitrogen and oxygen atoms in total.